The zero-order chi connectivity index (χ0) is 13.7. The highest BCUT2D eigenvalue weighted by molar-refractivity contribution is 5.69. The average Bonchev–Trinajstić information content (AvgIpc) is 2.54. The van der Waals surface area contributed by atoms with Crippen LogP contribution in [-0.2, 0) is 11.3 Å². The standard InChI is InChI=1S/C12H21N3O3/c1-9-10(2)18-11(13-9)7-15(8-12(16)17)6-5-14(3)4/h5-8H2,1-4H3,(H,16,17). The Balaban J connectivity index is 2.62. The van der Waals surface area contributed by atoms with Crippen molar-refractivity contribution in [2.24, 2.45) is 0 Å². The van der Waals surface area contributed by atoms with Crippen molar-refractivity contribution < 1.29 is 14.3 Å². The fourth-order valence-electron chi connectivity index (χ4n) is 1.54. The molecule has 0 saturated heterocycles. The topological polar surface area (TPSA) is 69.8 Å². The number of hydrogen-bond acceptors (Lipinski definition) is 5. The molecule has 0 amide bonds. The predicted octanol–water partition coefficient (Wildman–Crippen LogP) is 0.740. The number of aryl methyl sites for hydroxylation is 2. The third kappa shape index (κ3) is 4.85. The number of aromatic nitrogens is 1. The van der Waals surface area contributed by atoms with E-state index >= 15 is 0 Å². The summed E-state index contributed by atoms with van der Waals surface area (Å²) in [6, 6.07) is 0. The van der Waals surface area contributed by atoms with Crippen LogP contribution >= 0.6 is 0 Å². The van der Waals surface area contributed by atoms with Gasteiger partial charge in [-0.1, -0.05) is 0 Å². The van der Waals surface area contributed by atoms with E-state index in [4.69, 9.17) is 9.52 Å². The molecule has 0 atom stereocenters. The lowest BCUT2D eigenvalue weighted by Crippen LogP contribution is -2.35. The van der Waals surface area contributed by atoms with E-state index in [9.17, 15) is 4.79 Å². The molecule has 0 aliphatic heterocycles. The molecule has 0 bridgehead atoms. The summed E-state index contributed by atoms with van der Waals surface area (Å²) < 4.78 is 5.47. The predicted molar refractivity (Wildman–Crippen MR) is 67.4 cm³/mol. The number of likely N-dealkylation sites (N-methyl/N-ethyl adjacent to an activating group) is 1. The van der Waals surface area contributed by atoms with Crippen molar-refractivity contribution >= 4 is 5.97 Å². The average molecular weight is 255 g/mol. The second kappa shape index (κ2) is 6.51. The maximum Gasteiger partial charge on any atom is 0.317 e. The van der Waals surface area contributed by atoms with Crippen molar-refractivity contribution in [1.29, 1.82) is 0 Å². The van der Waals surface area contributed by atoms with Crippen molar-refractivity contribution in [3.8, 4) is 0 Å². The molecular formula is C12H21N3O3. The van der Waals surface area contributed by atoms with Crippen LogP contribution in [0.15, 0.2) is 4.42 Å². The number of rotatable bonds is 7. The van der Waals surface area contributed by atoms with E-state index in [1.807, 2.05) is 37.7 Å². The Labute approximate surface area is 107 Å². The number of hydrogen-bond donors (Lipinski definition) is 1. The van der Waals surface area contributed by atoms with Crippen molar-refractivity contribution in [2.45, 2.75) is 20.4 Å². The fraction of sp³-hybridized carbons (Fsp3) is 0.667. The van der Waals surface area contributed by atoms with Crippen LogP contribution in [0, 0.1) is 13.8 Å². The minimum atomic E-state index is -0.839. The van der Waals surface area contributed by atoms with Gasteiger partial charge in [-0.15, -0.1) is 0 Å². The van der Waals surface area contributed by atoms with Gasteiger partial charge in [0.1, 0.15) is 5.76 Å². The van der Waals surface area contributed by atoms with Crippen molar-refractivity contribution in [3.05, 3.63) is 17.3 Å². The highest BCUT2D eigenvalue weighted by Gasteiger charge is 2.14. The Morgan fingerprint density at radius 3 is 2.44 bits per heavy atom. The van der Waals surface area contributed by atoms with Crippen molar-refractivity contribution in [3.63, 3.8) is 0 Å². The van der Waals surface area contributed by atoms with Crippen LogP contribution in [0.25, 0.3) is 0 Å². The van der Waals surface area contributed by atoms with Crippen LogP contribution in [0.1, 0.15) is 17.3 Å². The smallest absolute Gasteiger partial charge is 0.317 e. The van der Waals surface area contributed by atoms with Gasteiger partial charge in [-0.25, -0.2) is 4.98 Å². The third-order valence-corrected chi connectivity index (χ3v) is 2.65. The van der Waals surface area contributed by atoms with Gasteiger partial charge >= 0.3 is 5.97 Å². The van der Waals surface area contributed by atoms with Gasteiger partial charge in [0.2, 0.25) is 5.89 Å². The van der Waals surface area contributed by atoms with E-state index in [-0.39, 0.29) is 6.54 Å². The summed E-state index contributed by atoms with van der Waals surface area (Å²) in [4.78, 5) is 18.9. The molecule has 1 N–H and O–H groups in total. The van der Waals surface area contributed by atoms with Gasteiger partial charge in [-0.05, 0) is 27.9 Å². The molecule has 6 nitrogen and oxygen atoms in total. The summed E-state index contributed by atoms with van der Waals surface area (Å²) >= 11 is 0. The lowest BCUT2D eigenvalue weighted by atomic mass is 10.4. The first-order valence-electron chi connectivity index (χ1n) is 5.90. The molecule has 0 radical (unpaired) electrons. The van der Waals surface area contributed by atoms with Crippen LogP contribution < -0.4 is 0 Å². The quantitative estimate of drug-likeness (QED) is 0.775. The molecule has 1 aromatic rings. The Morgan fingerprint density at radius 2 is 2.00 bits per heavy atom. The first-order chi connectivity index (χ1) is 8.38. The number of nitrogens with zero attached hydrogens (tertiary/aromatic N) is 3. The fourth-order valence-corrected chi connectivity index (χ4v) is 1.54. The second-order valence-electron chi connectivity index (χ2n) is 4.66. The largest absolute Gasteiger partial charge is 0.480 e. The molecule has 0 aliphatic carbocycles. The molecule has 18 heavy (non-hydrogen) atoms. The minimum absolute atomic E-state index is 0.00564. The Bertz CT molecular complexity index is 382. The SMILES string of the molecule is Cc1nc(CN(CCN(C)C)CC(=O)O)oc1C. The van der Waals surface area contributed by atoms with E-state index in [1.165, 1.54) is 0 Å². The van der Waals surface area contributed by atoms with E-state index in [1.54, 1.807) is 0 Å². The molecule has 0 aromatic carbocycles. The molecule has 0 aliphatic rings. The number of aliphatic carboxylic acids is 1. The van der Waals surface area contributed by atoms with Gasteiger partial charge in [0, 0.05) is 13.1 Å². The molecule has 1 aromatic heterocycles. The number of carboxylic acids is 1. The summed E-state index contributed by atoms with van der Waals surface area (Å²) in [6.45, 7) is 5.62. The van der Waals surface area contributed by atoms with E-state index in [0.717, 1.165) is 18.0 Å². The summed E-state index contributed by atoms with van der Waals surface area (Å²) in [5.74, 6) is 0.520. The third-order valence-electron chi connectivity index (χ3n) is 2.65. The molecule has 1 rings (SSSR count). The lowest BCUT2D eigenvalue weighted by Gasteiger charge is -2.20. The maximum absolute atomic E-state index is 10.8. The highest BCUT2D eigenvalue weighted by atomic mass is 16.4. The summed E-state index contributed by atoms with van der Waals surface area (Å²) in [7, 11) is 3.91. The highest BCUT2D eigenvalue weighted by Crippen LogP contribution is 2.10. The van der Waals surface area contributed by atoms with E-state index in [0.29, 0.717) is 19.0 Å². The van der Waals surface area contributed by atoms with E-state index < -0.39 is 5.97 Å². The van der Waals surface area contributed by atoms with Crippen LogP contribution in [0.3, 0.4) is 0 Å². The van der Waals surface area contributed by atoms with Gasteiger partial charge in [-0.2, -0.15) is 0 Å². The van der Waals surface area contributed by atoms with Gasteiger partial charge in [0.25, 0.3) is 0 Å². The number of oxazole rings is 1. The number of carboxylic acid groups (broad SMARTS) is 1. The Morgan fingerprint density at radius 1 is 1.33 bits per heavy atom. The van der Waals surface area contributed by atoms with Crippen molar-refractivity contribution in [1.82, 2.24) is 14.8 Å². The lowest BCUT2D eigenvalue weighted by molar-refractivity contribution is -0.138. The first kappa shape index (κ1) is 14.7. The maximum atomic E-state index is 10.8. The molecule has 6 heteroatoms. The van der Waals surface area contributed by atoms with Crippen LogP contribution in [0.5, 0.6) is 0 Å². The molecule has 0 spiro atoms. The molecule has 102 valence electrons. The zero-order valence-electron chi connectivity index (χ0n) is 11.4. The van der Waals surface area contributed by atoms with E-state index in [2.05, 4.69) is 4.98 Å². The normalized spacial score (nSPS) is 11.4. The second-order valence-corrected chi connectivity index (χ2v) is 4.66. The molecule has 0 unspecified atom stereocenters. The van der Waals surface area contributed by atoms with Gasteiger partial charge in [0.05, 0.1) is 18.8 Å². The summed E-state index contributed by atoms with van der Waals surface area (Å²) in [6.07, 6.45) is 0. The molecule has 0 fully saturated rings. The monoisotopic (exact) mass is 255 g/mol. The minimum Gasteiger partial charge on any atom is -0.480 e. The molecule has 0 saturated carbocycles. The van der Waals surface area contributed by atoms with Crippen LogP contribution in [0.4, 0.5) is 0 Å². The molecule has 1 heterocycles. The number of carbonyl (C=O) groups is 1. The van der Waals surface area contributed by atoms with Gasteiger partial charge < -0.3 is 14.4 Å². The summed E-state index contributed by atoms with van der Waals surface area (Å²) in [5, 5.41) is 8.88. The Hall–Kier alpha value is -1.40. The van der Waals surface area contributed by atoms with Crippen LogP contribution in [-0.4, -0.2) is 59.6 Å². The first-order valence-corrected chi connectivity index (χ1v) is 5.90. The molecular weight excluding hydrogens is 234 g/mol. The summed E-state index contributed by atoms with van der Waals surface area (Å²) in [5.41, 5.74) is 0.855. The van der Waals surface area contributed by atoms with Gasteiger partial charge in [-0.3, -0.25) is 9.69 Å². The van der Waals surface area contributed by atoms with Crippen molar-refractivity contribution in [2.75, 3.05) is 33.7 Å². The van der Waals surface area contributed by atoms with Gasteiger partial charge in [0.15, 0.2) is 0 Å². The zero-order valence-corrected chi connectivity index (χ0v) is 11.4. The Kier molecular flexibility index (Phi) is 5.30. The van der Waals surface area contributed by atoms with Crippen LogP contribution in [0.2, 0.25) is 0 Å².